The minimum absolute atomic E-state index is 0.231. The quantitative estimate of drug-likeness (QED) is 0.724. The van der Waals surface area contributed by atoms with Gasteiger partial charge in [-0.05, 0) is 12.5 Å². The summed E-state index contributed by atoms with van der Waals surface area (Å²) >= 11 is 0. The maximum Gasteiger partial charge on any atom is 0.338 e. The first-order valence-corrected chi connectivity index (χ1v) is 6.17. The van der Waals surface area contributed by atoms with E-state index in [4.69, 9.17) is 9.84 Å². The van der Waals surface area contributed by atoms with Crippen molar-refractivity contribution in [1.29, 1.82) is 0 Å². The molecule has 0 aliphatic carbocycles. The van der Waals surface area contributed by atoms with Crippen LogP contribution in [0.4, 0.5) is 4.39 Å². The third-order valence-corrected chi connectivity index (χ3v) is 2.57. The van der Waals surface area contributed by atoms with Crippen molar-refractivity contribution in [2.24, 2.45) is 0 Å². The molecule has 100 valence electrons. The van der Waals surface area contributed by atoms with E-state index in [1.807, 2.05) is 0 Å². The summed E-state index contributed by atoms with van der Waals surface area (Å²) in [6, 6.07) is 1.12. The zero-order chi connectivity index (χ0) is 13.4. The van der Waals surface area contributed by atoms with Gasteiger partial charge >= 0.3 is 5.97 Å². The lowest BCUT2D eigenvalue weighted by Gasteiger charge is -2.07. The summed E-state index contributed by atoms with van der Waals surface area (Å²) in [6.45, 7) is 2.49. The Morgan fingerprint density at radius 3 is 2.78 bits per heavy atom. The normalized spacial score (nSPS) is 10.3. The largest absolute Gasteiger partial charge is 0.478 e. The maximum atomic E-state index is 13.6. The number of hydrogen-bond acceptors (Lipinski definition) is 3. The van der Waals surface area contributed by atoms with E-state index < -0.39 is 17.3 Å². The number of ether oxygens (including phenoxy) is 1. The molecule has 0 unspecified atom stereocenters. The number of hydrogen-bond donors (Lipinski definition) is 1. The highest BCUT2D eigenvalue weighted by Gasteiger charge is 2.15. The first-order valence-electron chi connectivity index (χ1n) is 6.17. The Labute approximate surface area is 106 Å². The van der Waals surface area contributed by atoms with Crippen LogP contribution in [0.3, 0.4) is 0 Å². The van der Waals surface area contributed by atoms with Gasteiger partial charge in [-0.15, -0.1) is 0 Å². The molecule has 0 atom stereocenters. The number of carboxylic acid groups (broad SMARTS) is 1. The lowest BCUT2D eigenvalue weighted by molar-refractivity contribution is 0.0690. The fourth-order valence-electron chi connectivity index (χ4n) is 1.56. The Hall–Kier alpha value is -1.65. The minimum atomic E-state index is -1.32. The molecule has 0 aliphatic rings. The Morgan fingerprint density at radius 2 is 2.11 bits per heavy atom. The summed E-state index contributed by atoms with van der Waals surface area (Å²) in [5, 5.41) is 8.74. The first-order chi connectivity index (χ1) is 8.66. The average Bonchev–Trinajstić information content (AvgIpc) is 2.35. The molecule has 0 aliphatic heterocycles. The van der Waals surface area contributed by atoms with E-state index >= 15 is 0 Å². The number of pyridine rings is 1. The molecule has 0 bridgehead atoms. The van der Waals surface area contributed by atoms with E-state index in [0.717, 1.165) is 31.7 Å². The molecule has 0 radical (unpaired) electrons. The first kappa shape index (κ1) is 14.4. The number of carboxylic acids is 1. The molecular weight excluding hydrogens is 237 g/mol. The summed E-state index contributed by atoms with van der Waals surface area (Å²) in [6.07, 6.45) is 6.55. The molecule has 0 amide bonds. The Morgan fingerprint density at radius 1 is 1.39 bits per heavy atom. The Bertz CT molecular complexity index is 396. The van der Waals surface area contributed by atoms with Gasteiger partial charge in [0.15, 0.2) is 5.82 Å². The van der Waals surface area contributed by atoms with Crippen LogP contribution in [0.15, 0.2) is 12.3 Å². The number of halogens is 1. The highest BCUT2D eigenvalue weighted by Crippen LogP contribution is 2.17. The second-order valence-electron chi connectivity index (χ2n) is 4.05. The van der Waals surface area contributed by atoms with E-state index in [-0.39, 0.29) is 5.88 Å². The molecule has 0 saturated heterocycles. The van der Waals surface area contributed by atoms with Gasteiger partial charge in [-0.2, -0.15) is 0 Å². The molecule has 1 rings (SSSR count). The molecule has 1 aromatic heterocycles. The van der Waals surface area contributed by atoms with Gasteiger partial charge < -0.3 is 9.84 Å². The number of nitrogens with zero attached hydrogens (tertiary/aromatic N) is 1. The number of rotatable bonds is 8. The lowest BCUT2D eigenvalue weighted by atomic mass is 10.2. The van der Waals surface area contributed by atoms with Gasteiger partial charge in [-0.1, -0.05) is 32.6 Å². The van der Waals surface area contributed by atoms with Gasteiger partial charge in [0, 0.05) is 6.20 Å². The summed E-state index contributed by atoms with van der Waals surface area (Å²) in [4.78, 5) is 14.4. The zero-order valence-corrected chi connectivity index (χ0v) is 10.5. The third kappa shape index (κ3) is 4.31. The van der Waals surface area contributed by atoms with Gasteiger partial charge in [-0.25, -0.2) is 14.2 Å². The van der Waals surface area contributed by atoms with Crippen molar-refractivity contribution in [3.05, 3.63) is 23.6 Å². The van der Waals surface area contributed by atoms with Crippen LogP contribution >= 0.6 is 0 Å². The van der Waals surface area contributed by atoms with Crippen LogP contribution in [0.25, 0.3) is 0 Å². The smallest absolute Gasteiger partial charge is 0.338 e. The highest BCUT2D eigenvalue weighted by molar-refractivity contribution is 5.88. The van der Waals surface area contributed by atoms with Gasteiger partial charge in [0.2, 0.25) is 0 Å². The van der Waals surface area contributed by atoms with Crippen molar-refractivity contribution in [2.75, 3.05) is 6.61 Å². The standard InChI is InChI=1S/C13H18FNO3/c1-2-3-4-5-6-9-18-12-11(14)10(13(16)17)7-8-15-12/h7-8H,2-6,9H2,1H3,(H,16,17). The average molecular weight is 255 g/mol. The van der Waals surface area contributed by atoms with Gasteiger partial charge in [0.05, 0.1) is 6.61 Å². The molecule has 0 spiro atoms. The summed E-state index contributed by atoms with van der Waals surface area (Å²) in [5.74, 6) is -2.45. The SMILES string of the molecule is CCCCCCCOc1nccc(C(=O)O)c1F. The number of aromatic nitrogens is 1. The molecule has 0 saturated carbocycles. The van der Waals surface area contributed by atoms with E-state index in [0.29, 0.717) is 6.61 Å². The van der Waals surface area contributed by atoms with Crippen LogP contribution in [-0.4, -0.2) is 22.7 Å². The van der Waals surface area contributed by atoms with E-state index in [1.54, 1.807) is 0 Å². The van der Waals surface area contributed by atoms with E-state index in [2.05, 4.69) is 11.9 Å². The van der Waals surface area contributed by atoms with Crippen LogP contribution < -0.4 is 4.74 Å². The maximum absolute atomic E-state index is 13.6. The fraction of sp³-hybridized carbons (Fsp3) is 0.538. The van der Waals surface area contributed by atoms with Crippen LogP contribution in [0.2, 0.25) is 0 Å². The molecule has 1 heterocycles. The molecule has 0 aromatic carbocycles. The Kier molecular flexibility index (Phi) is 6.11. The lowest BCUT2D eigenvalue weighted by Crippen LogP contribution is -2.06. The van der Waals surface area contributed by atoms with Crippen molar-refractivity contribution >= 4 is 5.97 Å². The monoisotopic (exact) mass is 255 g/mol. The topological polar surface area (TPSA) is 59.4 Å². The molecule has 4 nitrogen and oxygen atoms in total. The number of unbranched alkanes of at least 4 members (excludes halogenated alkanes) is 4. The second kappa shape index (κ2) is 7.63. The van der Waals surface area contributed by atoms with Gasteiger partial charge in [0.25, 0.3) is 5.88 Å². The van der Waals surface area contributed by atoms with Crippen LogP contribution in [0.1, 0.15) is 49.4 Å². The summed E-state index contributed by atoms with van der Waals surface area (Å²) in [7, 11) is 0. The molecule has 0 fully saturated rings. The molecule has 5 heteroatoms. The van der Waals surface area contributed by atoms with Gasteiger partial charge in [0.1, 0.15) is 5.56 Å². The van der Waals surface area contributed by atoms with Crippen molar-refractivity contribution in [3.63, 3.8) is 0 Å². The van der Waals surface area contributed by atoms with Crippen molar-refractivity contribution in [1.82, 2.24) is 4.98 Å². The molecule has 1 aromatic rings. The molecular formula is C13H18FNO3. The van der Waals surface area contributed by atoms with E-state index in [1.165, 1.54) is 12.6 Å². The van der Waals surface area contributed by atoms with Crippen molar-refractivity contribution in [3.8, 4) is 5.88 Å². The fourth-order valence-corrected chi connectivity index (χ4v) is 1.56. The van der Waals surface area contributed by atoms with Gasteiger partial charge in [-0.3, -0.25) is 0 Å². The van der Waals surface area contributed by atoms with Crippen LogP contribution in [0, 0.1) is 5.82 Å². The third-order valence-electron chi connectivity index (χ3n) is 2.57. The predicted molar refractivity (Wildman–Crippen MR) is 65.4 cm³/mol. The summed E-state index contributed by atoms with van der Waals surface area (Å²) in [5.41, 5.74) is -0.411. The zero-order valence-electron chi connectivity index (χ0n) is 10.5. The van der Waals surface area contributed by atoms with Crippen molar-refractivity contribution < 1.29 is 19.0 Å². The predicted octanol–water partition coefficient (Wildman–Crippen LogP) is 3.27. The molecule has 18 heavy (non-hydrogen) atoms. The number of aromatic carboxylic acids is 1. The van der Waals surface area contributed by atoms with Crippen LogP contribution in [0.5, 0.6) is 5.88 Å². The summed E-state index contributed by atoms with van der Waals surface area (Å²) < 4.78 is 18.7. The Balaban J connectivity index is 2.43. The van der Waals surface area contributed by atoms with Crippen molar-refractivity contribution in [2.45, 2.75) is 39.0 Å². The minimum Gasteiger partial charge on any atom is -0.478 e. The van der Waals surface area contributed by atoms with E-state index in [9.17, 15) is 9.18 Å². The van der Waals surface area contributed by atoms with Crippen LogP contribution in [-0.2, 0) is 0 Å². The second-order valence-corrected chi connectivity index (χ2v) is 4.05. The number of carbonyl (C=O) groups is 1. The highest BCUT2D eigenvalue weighted by atomic mass is 19.1. The molecule has 1 N–H and O–H groups in total.